The van der Waals surface area contributed by atoms with Crippen LogP contribution in [-0.4, -0.2) is 42.2 Å². The number of hydrogen-bond acceptors (Lipinski definition) is 6. The van der Waals surface area contributed by atoms with Crippen molar-refractivity contribution < 1.29 is 19.4 Å². The molecule has 3 aromatic rings. The van der Waals surface area contributed by atoms with E-state index in [0.717, 1.165) is 12.0 Å². The van der Waals surface area contributed by atoms with Gasteiger partial charge in [0.05, 0.1) is 6.61 Å². The summed E-state index contributed by atoms with van der Waals surface area (Å²) in [6, 6.07) is 22.3. The van der Waals surface area contributed by atoms with Crippen molar-refractivity contribution in [2.75, 3.05) is 19.8 Å². The topological polar surface area (TPSA) is 92.2 Å². The summed E-state index contributed by atoms with van der Waals surface area (Å²) in [7, 11) is 0. The van der Waals surface area contributed by atoms with Gasteiger partial charge in [-0.3, -0.25) is 10.2 Å². The molecule has 204 valence electrons. The van der Waals surface area contributed by atoms with E-state index < -0.39 is 11.6 Å². The molecule has 0 bridgehead atoms. The van der Waals surface area contributed by atoms with Crippen molar-refractivity contribution in [1.82, 2.24) is 10.9 Å². The number of ether oxygens (including phenoxy) is 2. The summed E-state index contributed by atoms with van der Waals surface area (Å²) < 4.78 is 12.0. The lowest BCUT2D eigenvalue weighted by Gasteiger charge is -2.30. The average Bonchev–Trinajstić information content (AvgIpc) is 3.32. The maximum atomic E-state index is 13.8. The van der Waals surface area contributed by atoms with Crippen molar-refractivity contribution in [3.63, 3.8) is 0 Å². The van der Waals surface area contributed by atoms with E-state index in [1.807, 2.05) is 42.5 Å². The van der Waals surface area contributed by atoms with Crippen LogP contribution in [0.5, 0.6) is 5.75 Å². The normalized spacial score (nSPS) is 18.2. The van der Waals surface area contributed by atoms with Crippen molar-refractivity contribution in [1.29, 1.82) is 0 Å². The van der Waals surface area contributed by atoms with Crippen molar-refractivity contribution in [2.24, 2.45) is 4.99 Å². The number of rotatable bonds is 13. The largest absolute Gasteiger partial charge is 0.494 e. The Morgan fingerprint density at radius 1 is 1.13 bits per heavy atom. The quantitative estimate of drug-likeness (QED) is 0.145. The van der Waals surface area contributed by atoms with E-state index in [9.17, 15) is 4.79 Å². The maximum absolute atomic E-state index is 13.8. The lowest BCUT2D eigenvalue weighted by Crippen LogP contribution is -2.52. The first kappa shape index (κ1) is 28.6. The molecule has 39 heavy (non-hydrogen) atoms. The Bertz CT molecular complexity index is 1300. The first-order valence-electron chi connectivity index (χ1n) is 12.7. The summed E-state index contributed by atoms with van der Waals surface area (Å²) >= 11 is 12.7. The van der Waals surface area contributed by atoms with Crippen molar-refractivity contribution in [2.45, 2.75) is 30.9 Å². The number of hydrogen-bond donors (Lipinski definition) is 3. The molecule has 1 amide bonds. The zero-order valence-corrected chi connectivity index (χ0v) is 22.9. The number of aliphatic hydroxyl groups is 1. The maximum Gasteiger partial charge on any atom is 0.266 e. The minimum absolute atomic E-state index is 0.0614. The number of carbonyl (C=O) groups excluding carboxylic acids is 1. The molecule has 0 aromatic heterocycles. The number of carbonyl (C=O) groups is 1. The van der Waals surface area contributed by atoms with Gasteiger partial charge in [-0.05, 0) is 48.4 Å². The first-order chi connectivity index (χ1) is 19.0. The van der Waals surface area contributed by atoms with Gasteiger partial charge < -0.3 is 14.6 Å². The van der Waals surface area contributed by atoms with Gasteiger partial charge in [0, 0.05) is 47.2 Å². The van der Waals surface area contributed by atoms with E-state index in [2.05, 4.69) is 17.4 Å². The van der Waals surface area contributed by atoms with Crippen LogP contribution in [0.4, 0.5) is 0 Å². The molecule has 1 heterocycles. The Labute approximate surface area is 238 Å². The number of nitrogens with zero attached hydrogens (tertiary/aromatic N) is 1. The molecule has 0 unspecified atom stereocenters. The van der Waals surface area contributed by atoms with Crippen molar-refractivity contribution >= 4 is 35.0 Å². The van der Waals surface area contributed by atoms with Gasteiger partial charge in [-0.15, -0.1) is 6.58 Å². The summed E-state index contributed by atoms with van der Waals surface area (Å²) in [6.07, 6.45) is 2.30. The van der Waals surface area contributed by atoms with Crippen LogP contribution in [0.25, 0.3) is 0 Å². The Morgan fingerprint density at radius 2 is 1.90 bits per heavy atom. The summed E-state index contributed by atoms with van der Waals surface area (Å²) in [5.74, 6) is 0.584. The van der Waals surface area contributed by atoms with E-state index in [-0.39, 0.29) is 18.9 Å². The third-order valence-electron chi connectivity index (χ3n) is 6.31. The molecule has 1 aliphatic rings. The SMILES string of the molecule is C=CC[C@]1(C(=O)NNCCc2ccccc2)N=C(c2ccc(OCCCO)cc2)O[C@H]1c1ccc(Cl)cc1Cl. The summed E-state index contributed by atoms with van der Waals surface area (Å²) in [6.45, 7) is 4.88. The molecule has 2 atom stereocenters. The van der Waals surface area contributed by atoms with Gasteiger partial charge in [-0.2, -0.15) is 0 Å². The molecule has 0 radical (unpaired) electrons. The summed E-state index contributed by atoms with van der Waals surface area (Å²) in [5, 5.41) is 9.81. The van der Waals surface area contributed by atoms with Crippen LogP contribution in [0.3, 0.4) is 0 Å². The van der Waals surface area contributed by atoms with E-state index in [4.69, 9.17) is 42.8 Å². The van der Waals surface area contributed by atoms with E-state index in [0.29, 0.717) is 52.4 Å². The number of halogens is 2. The van der Waals surface area contributed by atoms with E-state index in [1.54, 1.807) is 36.4 Å². The standard InChI is InChI=1S/C30H31Cl2N3O4/c1-2-16-30(29(37)35-33-17-15-21-7-4-3-5-8-21)27(25-14-11-23(31)20-26(25)32)39-28(34-30)22-9-12-24(13-10-22)38-19-6-18-36/h2-5,7-14,20,27,33,36H,1,6,15-19H2,(H,35,37)/t27-,30-/m0/s1. The molecular formula is C30H31Cl2N3O4. The van der Waals surface area contributed by atoms with Crippen LogP contribution in [0, 0.1) is 0 Å². The van der Waals surface area contributed by atoms with Crippen LogP contribution < -0.4 is 15.6 Å². The van der Waals surface area contributed by atoms with Crippen LogP contribution in [0.2, 0.25) is 10.0 Å². The van der Waals surface area contributed by atoms with Crippen molar-refractivity contribution in [3.05, 3.63) is 112 Å². The minimum Gasteiger partial charge on any atom is -0.494 e. The van der Waals surface area contributed by atoms with Gasteiger partial charge in [-0.25, -0.2) is 10.4 Å². The zero-order chi connectivity index (χ0) is 27.7. The predicted molar refractivity (Wildman–Crippen MR) is 154 cm³/mol. The van der Waals surface area contributed by atoms with Gasteiger partial charge in [0.25, 0.3) is 5.91 Å². The fraction of sp³-hybridized carbons (Fsp3) is 0.267. The van der Waals surface area contributed by atoms with Gasteiger partial charge in [0.1, 0.15) is 5.75 Å². The molecule has 0 fully saturated rings. The third-order valence-corrected chi connectivity index (χ3v) is 6.88. The van der Waals surface area contributed by atoms with Gasteiger partial charge >= 0.3 is 0 Å². The molecule has 3 aromatic carbocycles. The molecule has 4 rings (SSSR count). The van der Waals surface area contributed by atoms with Crippen molar-refractivity contribution in [3.8, 4) is 5.75 Å². The number of benzene rings is 3. The monoisotopic (exact) mass is 567 g/mol. The average molecular weight is 569 g/mol. The molecule has 0 saturated carbocycles. The van der Waals surface area contributed by atoms with Gasteiger partial charge in [0.2, 0.25) is 5.90 Å². The van der Waals surface area contributed by atoms with E-state index in [1.165, 1.54) is 0 Å². The fourth-order valence-corrected chi connectivity index (χ4v) is 4.84. The van der Waals surface area contributed by atoms with E-state index >= 15 is 0 Å². The third kappa shape index (κ3) is 6.99. The molecule has 3 N–H and O–H groups in total. The molecule has 0 spiro atoms. The zero-order valence-electron chi connectivity index (χ0n) is 21.4. The number of aliphatic imine (C=N–C) groups is 1. The molecule has 0 aliphatic carbocycles. The van der Waals surface area contributed by atoms with Crippen LogP contribution >= 0.6 is 23.2 Å². The highest BCUT2D eigenvalue weighted by molar-refractivity contribution is 6.35. The molecule has 9 heteroatoms. The smallest absolute Gasteiger partial charge is 0.266 e. The lowest BCUT2D eigenvalue weighted by molar-refractivity contribution is -0.129. The number of aliphatic hydroxyl groups excluding tert-OH is 1. The lowest BCUT2D eigenvalue weighted by atomic mass is 9.84. The van der Waals surface area contributed by atoms with Gasteiger partial charge in [0.15, 0.2) is 11.6 Å². The second kappa shape index (κ2) is 13.6. The molecular weight excluding hydrogens is 537 g/mol. The second-order valence-corrected chi connectivity index (χ2v) is 9.91. The van der Waals surface area contributed by atoms with Gasteiger partial charge in [-0.1, -0.05) is 65.7 Å². The molecule has 1 aliphatic heterocycles. The Kier molecular flexibility index (Phi) is 10.0. The second-order valence-electron chi connectivity index (χ2n) is 9.06. The minimum atomic E-state index is -1.37. The van der Waals surface area contributed by atoms with Crippen LogP contribution in [0.1, 0.15) is 35.6 Å². The molecule has 0 saturated heterocycles. The highest BCUT2D eigenvalue weighted by Crippen LogP contribution is 2.45. The highest BCUT2D eigenvalue weighted by Gasteiger charge is 2.53. The Morgan fingerprint density at radius 3 is 2.59 bits per heavy atom. The summed E-state index contributed by atoms with van der Waals surface area (Å²) in [5.41, 5.74) is 6.90. The fourth-order valence-electron chi connectivity index (χ4n) is 4.33. The van der Waals surface area contributed by atoms with Crippen LogP contribution in [0.15, 0.2) is 90.4 Å². The Hall–Kier alpha value is -3.36. The first-order valence-corrected chi connectivity index (χ1v) is 13.5. The summed E-state index contributed by atoms with van der Waals surface area (Å²) in [4.78, 5) is 18.6. The predicted octanol–water partition coefficient (Wildman–Crippen LogP) is 5.45. The van der Waals surface area contributed by atoms with Crippen LogP contribution in [-0.2, 0) is 16.0 Å². The number of nitrogens with one attached hydrogen (secondary N) is 2. The number of amides is 1. The number of hydrazine groups is 1. The Balaban J connectivity index is 1.60. The highest BCUT2D eigenvalue weighted by atomic mass is 35.5. The molecule has 7 nitrogen and oxygen atoms in total.